The smallest absolute Gasteiger partial charge is 0.119 e. The van der Waals surface area contributed by atoms with Crippen molar-refractivity contribution in [3.05, 3.63) is 47.0 Å². The third-order valence-corrected chi connectivity index (χ3v) is 3.28. The highest BCUT2D eigenvalue weighted by Crippen LogP contribution is 2.32. The highest BCUT2D eigenvalue weighted by Gasteiger charge is 2.08. The van der Waals surface area contributed by atoms with Crippen LogP contribution in [0.3, 0.4) is 0 Å². The molecule has 0 heterocycles. The van der Waals surface area contributed by atoms with Crippen molar-refractivity contribution in [1.29, 1.82) is 0 Å². The Kier molecular flexibility index (Phi) is 2.80. The van der Waals surface area contributed by atoms with Crippen LogP contribution in [0, 0.1) is 20.8 Å². The third kappa shape index (κ3) is 1.98. The molecule has 0 saturated heterocycles. The van der Waals surface area contributed by atoms with E-state index in [0.29, 0.717) is 11.5 Å². The molecule has 17 heavy (non-hydrogen) atoms. The predicted molar refractivity (Wildman–Crippen MR) is 69.4 cm³/mol. The van der Waals surface area contributed by atoms with E-state index in [4.69, 9.17) is 0 Å². The van der Waals surface area contributed by atoms with Crippen LogP contribution in [0.2, 0.25) is 0 Å². The molecule has 2 nitrogen and oxygen atoms in total. The van der Waals surface area contributed by atoms with E-state index in [-0.39, 0.29) is 0 Å². The maximum atomic E-state index is 9.73. The fourth-order valence-electron chi connectivity index (χ4n) is 1.90. The Morgan fingerprint density at radius 3 is 2.12 bits per heavy atom. The van der Waals surface area contributed by atoms with Crippen LogP contribution in [0.15, 0.2) is 30.3 Å². The van der Waals surface area contributed by atoms with Crippen molar-refractivity contribution in [2.45, 2.75) is 20.8 Å². The van der Waals surface area contributed by atoms with Gasteiger partial charge in [-0.2, -0.15) is 0 Å². The monoisotopic (exact) mass is 228 g/mol. The normalized spacial score (nSPS) is 10.5. The second-order valence-corrected chi connectivity index (χ2v) is 4.38. The van der Waals surface area contributed by atoms with Crippen molar-refractivity contribution < 1.29 is 10.2 Å². The molecular formula is C15H16O2. The number of hydrogen-bond acceptors (Lipinski definition) is 2. The van der Waals surface area contributed by atoms with Gasteiger partial charge < -0.3 is 10.2 Å². The van der Waals surface area contributed by atoms with Crippen LogP contribution in [0.5, 0.6) is 11.5 Å². The van der Waals surface area contributed by atoms with Gasteiger partial charge in [-0.15, -0.1) is 0 Å². The predicted octanol–water partition coefficient (Wildman–Crippen LogP) is 3.69. The molecule has 0 radical (unpaired) electrons. The lowest BCUT2D eigenvalue weighted by Crippen LogP contribution is -1.88. The fraction of sp³-hybridized carbons (Fsp3) is 0.200. The van der Waals surface area contributed by atoms with Crippen molar-refractivity contribution in [2.24, 2.45) is 0 Å². The first kappa shape index (κ1) is 11.5. The molecule has 0 unspecified atom stereocenters. The molecule has 2 aromatic rings. The second-order valence-electron chi connectivity index (χ2n) is 4.38. The van der Waals surface area contributed by atoms with Gasteiger partial charge in [-0.25, -0.2) is 0 Å². The lowest BCUT2D eigenvalue weighted by Gasteiger charge is -2.11. The zero-order valence-corrected chi connectivity index (χ0v) is 10.3. The van der Waals surface area contributed by atoms with Gasteiger partial charge in [0.2, 0.25) is 0 Å². The summed E-state index contributed by atoms with van der Waals surface area (Å²) in [5.41, 5.74) is 4.78. The highest BCUT2D eigenvalue weighted by molar-refractivity contribution is 5.71. The summed E-state index contributed by atoms with van der Waals surface area (Å²) in [5.74, 6) is 0.607. The third-order valence-electron chi connectivity index (χ3n) is 3.28. The molecule has 0 bridgehead atoms. The van der Waals surface area contributed by atoms with Crippen molar-refractivity contribution in [3.8, 4) is 22.6 Å². The van der Waals surface area contributed by atoms with E-state index in [0.717, 1.165) is 27.8 Å². The molecular weight excluding hydrogens is 212 g/mol. The molecule has 0 aromatic heterocycles. The van der Waals surface area contributed by atoms with Gasteiger partial charge in [0.15, 0.2) is 0 Å². The molecule has 0 aliphatic heterocycles. The van der Waals surface area contributed by atoms with Crippen LogP contribution in [0.4, 0.5) is 0 Å². The van der Waals surface area contributed by atoms with Crippen molar-refractivity contribution in [3.63, 3.8) is 0 Å². The molecule has 2 N–H and O–H groups in total. The van der Waals surface area contributed by atoms with Gasteiger partial charge in [0.05, 0.1) is 0 Å². The zero-order chi connectivity index (χ0) is 12.6. The molecule has 0 fully saturated rings. The molecule has 0 aliphatic rings. The van der Waals surface area contributed by atoms with Crippen LogP contribution in [-0.4, -0.2) is 10.2 Å². The summed E-state index contributed by atoms with van der Waals surface area (Å²) in [6.45, 7) is 5.73. The molecule has 88 valence electrons. The van der Waals surface area contributed by atoms with Gasteiger partial charge in [0.1, 0.15) is 11.5 Å². The van der Waals surface area contributed by atoms with E-state index in [1.807, 2.05) is 39.0 Å². The van der Waals surface area contributed by atoms with Crippen molar-refractivity contribution >= 4 is 0 Å². The summed E-state index contributed by atoms with van der Waals surface area (Å²) in [6.07, 6.45) is 0. The van der Waals surface area contributed by atoms with E-state index in [1.165, 1.54) is 0 Å². The van der Waals surface area contributed by atoms with Gasteiger partial charge in [-0.1, -0.05) is 18.2 Å². The maximum Gasteiger partial charge on any atom is 0.119 e. The Labute approximate surface area is 101 Å². The molecule has 0 spiro atoms. The van der Waals surface area contributed by atoms with E-state index in [1.54, 1.807) is 12.1 Å². The van der Waals surface area contributed by atoms with Crippen molar-refractivity contribution in [2.75, 3.05) is 0 Å². The average Bonchev–Trinajstić information content (AvgIpc) is 2.30. The minimum Gasteiger partial charge on any atom is -0.508 e. The van der Waals surface area contributed by atoms with E-state index >= 15 is 0 Å². The lowest BCUT2D eigenvalue weighted by atomic mass is 9.95. The number of aryl methyl sites for hydroxylation is 1. The first-order chi connectivity index (χ1) is 8.00. The SMILES string of the molecule is Cc1ccc(-c2ccc(O)c(C)c2C)cc1O. The topological polar surface area (TPSA) is 40.5 Å². The standard InChI is InChI=1S/C15H16O2/c1-9-4-5-12(8-15(9)17)13-6-7-14(16)11(3)10(13)2/h4-8,16-17H,1-3H3. The largest absolute Gasteiger partial charge is 0.508 e. The Hall–Kier alpha value is -1.96. The molecule has 0 atom stereocenters. The average molecular weight is 228 g/mol. The van der Waals surface area contributed by atoms with Crippen LogP contribution in [-0.2, 0) is 0 Å². The minimum atomic E-state index is 0.299. The summed E-state index contributed by atoms with van der Waals surface area (Å²) in [4.78, 5) is 0. The zero-order valence-electron chi connectivity index (χ0n) is 10.3. The lowest BCUT2D eigenvalue weighted by molar-refractivity contribution is 0.470. The molecule has 2 rings (SSSR count). The number of aromatic hydroxyl groups is 2. The van der Waals surface area contributed by atoms with Gasteiger partial charge in [-0.3, -0.25) is 0 Å². The van der Waals surface area contributed by atoms with Crippen molar-refractivity contribution in [1.82, 2.24) is 0 Å². The van der Waals surface area contributed by atoms with Gasteiger partial charge in [0.25, 0.3) is 0 Å². The molecule has 2 heteroatoms. The summed E-state index contributed by atoms with van der Waals surface area (Å²) in [7, 11) is 0. The van der Waals surface area contributed by atoms with Crippen LogP contribution in [0.25, 0.3) is 11.1 Å². The minimum absolute atomic E-state index is 0.299. The maximum absolute atomic E-state index is 9.73. The van der Waals surface area contributed by atoms with Gasteiger partial charge >= 0.3 is 0 Å². The fourth-order valence-corrected chi connectivity index (χ4v) is 1.90. The van der Waals surface area contributed by atoms with E-state index in [2.05, 4.69) is 0 Å². The number of rotatable bonds is 1. The number of phenolic OH excluding ortho intramolecular Hbond substituents is 2. The first-order valence-electron chi connectivity index (χ1n) is 5.60. The number of benzene rings is 2. The van der Waals surface area contributed by atoms with E-state index in [9.17, 15) is 10.2 Å². The summed E-state index contributed by atoms with van der Waals surface area (Å²) < 4.78 is 0. The molecule has 0 saturated carbocycles. The Bertz CT molecular complexity index is 571. The number of phenols is 2. The van der Waals surface area contributed by atoms with Crippen LogP contribution in [0.1, 0.15) is 16.7 Å². The van der Waals surface area contributed by atoms with Crippen LogP contribution >= 0.6 is 0 Å². The number of hydrogen-bond donors (Lipinski definition) is 2. The first-order valence-corrected chi connectivity index (χ1v) is 5.60. The van der Waals surface area contributed by atoms with Gasteiger partial charge in [0, 0.05) is 0 Å². The van der Waals surface area contributed by atoms with Gasteiger partial charge in [-0.05, 0) is 60.7 Å². The quantitative estimate of drug-likeness (QED) is 0.781. The summed E-state index contributed by atoms with van der Waals surface area (Å²) in [5, 5.41) is 19.3. The molecule has 0 amide bonds. The Balaban J connectivity index is 2.61. The molecule has 2 aromatic carbocycles. The summed E-state index contributed by atoms with van der Waals surface area (Å²) >= 11 is 0. The highest BCUT2D eigenvalue weighted by atomic mass is 16.3. The Morgan fingerprint density at radius 1 is 0.765 bits per heavy atom. The molecule has 0 aliphatic carbocycles. The Morgan fingerprint density at radius 2 is 1.47 bits per heavy atom. The van der Waals surface area contributed by atoms with E-state index < -0.39 is 0 Å². The second kappa shape index (κ2) is 4.13. The van der Waals surface area contributed by atoms with Crippen LogP contribution < -0.4 is 0 Å². The summed E-state index contributed by atoms with van der Waals surface area (Å²) in [6, 6.07) is 9.20.